The van der Waals surface area contributed by atoms with Crippen molar-refractivity contribution < 1.29 is 19.1 Å². The normalized spacial score (nSPS) is 14.6. The summed E-state index contributed by atoms with van der Waals surface area (Å²) in [5, 5.41) is 2.78. The number of esters is 1. The molecule has 1 amide bonds. The van der Waals surface area contributed by atoms with E-state index >= 15 is 0 Å². The zero-order valence-corrected chi connectivity index (χ0v) is 17.3. The minimum Gasteiger partial charge on any atom is -0.493 e. The molecule has 1 N–H and O–H groups in total. The Morgan fingerprint density at radius 1 is 1.18 bits per heavy atom. The highest BCUT2D eigenvalue weighted by Crippen LogP contribution is 2.29. The molecule has 1 aliphatic heterocycles. The van der Waals surface area contributed by atoms with E-state index in [0.29, 0.717) is 29.4 Å². The molecule has 0 radical (unpaired) electrons. The molecule has 0 fully saturated rings. The van der Waals surface area contributed by atoms with Gasteiger partial charge in [0.05, 0.1) is 7.11 Å². The van der Waals surface area contributed by atoms with Gasteiger partial charge in [0.25, 0.3) is 0 Å². The SMILES string of the molecule is COc1cc(CC(C)C)ccc1OC(=O)C(NC(=O)C1=CN=CCC1)C(C)C. The molecule has 2 rings (SSSR count). The molecule has 28 heavy (non-hydrogen) atoms. The summed E-state index contributed by atoms with van der Waals surface area (Å²) in [6, 6.07) is 4.79. The molecule has 0 saturated heterocycles. The second-order valence-corrected chi connectivity index (χ2v) is 7.72. The van der Waals surface area contributed by atoms with Crippen LogP contribution in [0.5, 0.6) is 11.5 Å². The van der Waals surface area contributed by atoms with Crippen LogP contribution in [0.2, 0.25) is 0 Å². The van der Waals surface area contributed by atoms with Crippen LogP contribution >= 0.6 is 0 Å². The van der Waals surface area contributed by atoms with Crippen LogP contribution in [0.25, 0.3) is 0 Å². The predicted molar refractivity (Wildman–Crippen MR) is 110 cm³/mol. The summed E-state index contributed by atoms with van der Waals surface area (Å²) >= 11 is 0. The summed E-state index contributed by atoms with van der Waals surface area (Å²) in [6.07, 6.45) is 5.54. The number of amides is 1. The number of nitrogens with one attached hydrogen (secondary N) is 1. The number of carbonyl (C=O) groups excluding carboxylic acids is 2. The van der Waals surface area contributed by atoms with E-state index in [1.54, 1.807) is 19.4 Å². The van der Waals surface area contributed by atoms with Crippen molar-refractivity contribution in [2.45, 2.75) is 53.0 Å². The van der Waals surface area contributed by atoms with Gasteiger partial charge in [0.15, 0.2) is 11.5 Å². The van der Waals surface area contributed by atoms with Gasteiger partial charge in [-0.3, -0.25) is 9.79 Å². The fraction of sp³-hybridized carbons (Fsp3) is 0.500. The Bertz CT molecular complexity index is 766. The number of ether oxygens (including phenoxy) is 2. The first kappa shape index (κ1) is 21.7. The lowest BCUT2D eigenvalue weighted by atomic mass is 10.0. The van der Waals surface area contributed by atoms with Gasteiger partial charge < -0.3 is 14.8 Å². The second-order valence-electron chi connectivity index (χ2n) is 7.72. The molecular formula is C22H30N2O4. The summed E-state index contributed by atoms with van der Waals surface area (Å²) in [6.45, 7) is 8.01. The van der Waals surface area contributed by atoms with E-state index in [0.717, 1.165) is 18.4 Å². The number of rotatable bonds is 8. The first-order chi connectivity index (χ1) is 13.3. The molecule has 1 heterocycles. The van der Waals surface area contributed by atoms with E-state index in [2.05, 4.69) is 24.2 Å². The van der Waals surface area contributed by atoms with Crippen LogP contribution in [0.4, 0.5) is 0 Å². The number of aliphatic imine (C=N–C) groups is 1. The van der Waals surface area contributed by atoms with Crippen LogP contribution < -0.4 is 14.8 Å². The molecule has 0 saturated carbocycles. The monoisotopic (exact) mass is 386 g/mol. The molecule has 1 aromatic carbocycles. The second kappa shape index (κ2) is 10.1. The molecule has 1 atom stereocenters. The molecule has 0 bridgehead atoms. The van der Waals surface area contributed by atoms with Crippen molar-refractivity contribution in [3.8, 4) is 11.5 Å². The Morgan fingerprint density at radius 3 is 2.50 bits per heavy atom. The van der Waals surface area contributed by atoms with Gasteiger partial charge in [-0.1, -0.05) is 33.8 Å². The van der Waals surface area contributed by atoms with Crippen molar-refractivity contribution in [2.24, 2.45) is 16.8 Å². The predicted octanol–water partition coefficient (Wildman–Crippen LogP) is 3.69. The van der Waals surface area contributed by atoms with Gasteiger partial charge in [-0.25, -0.2) is 4.79 Å². The molecule has 1 unspecified atom stereocenters. The molecule has 152 valence electrons. The molecule has 0 aromatic heterocycles. The summed E-state index contributed by atoms with van der Waals surface area (Å²) in [4.78, 5) is 29.2. The van der Waals surface area contributed by atoms with E-state index < -0.39 is 12.0 Å². The first-order valence-corrected chi connectivity index (χ1v) is 9.72. The Balaban J connectivity index is 2.12. The van der Waals surface area contributed by atoms with Crippen LogP contribution in [0.1, 0.15) is 46.1 Å². The lowest BCUT2D eigenvalue weighted by molar-refractivity contribution is -0.140. The Kier molecular flexibility index (Phi) is 7.79. The van der Waals surface area contributed by atoms with Crippen molar-refractivity contribution in [2.75, 3.05) is 7.11 Å². The smallest absolute Gasteiger partial charge is 0.334 e. The van der Waals surface area contributed by atoms with E-state index in [1.807, 2.05) is 26.0 Å². The largest absolute Gasteiger partial charge is 0.493 e. The zero-order valence-electron chi connectivity index (χ0n) is 17.3. The minimum absolute atomic E-state index is 0.129. The molecule has 6 nitrogen and oxygen atoms in total. The Labute approximate surface area is 167 Å². The van der Waals surface area contributed by atoms with Gasteiger partial charge in [0, 0.05) is 18.0 Å². The van der Waals surface area contributed by atoms with Crippen LogP contribution in [-0.2, 0) is 16.0 Å². The highest BCUT2D eigenvalue weighted by molar-refractivity contribution is 5.97. The number of hydrogen-bond acceptors (Lipinski definition) is 5. The topological polar surface area (TPSA) is 77.0 Å². The number of methoxy groups -OCH3 is 1. The van der Waals surface area contributed by atoms with Gasteiger partial charge in [-0.2, -0.15) is 0 Å². The summed E-state index contributed by atoms with van der Waals surface area (Å²) in [5.74, 6) is 0.434. The van der Waals surface area contributed by atoms with Crippen LogP contribution in [0, 0.1) is 11.8 Å². The highest BCUT2D eigenvalue weighted by Gasteiger charge is 2.28. The standard InChI is InChI=1S/C22H30N2O4/c1-14(2)11-16-8-9-18(19(12-16)27-5)28-22(26)20(15(3)4)24-21(25)17-7-6-10-23-13-17/h8-10,12-15,20H,6-7,11H2,1-5H3,(H,24,25). The van der Waals surface area contributed by atoms with Gasteiger partial charge >= 0.3 is 5.97 Å². The molecule has 0 aliphatic carbocycles. The zero-order chi connectivity index (χ0) is 20.7. The van der Waals surface area contributed by atoms with Crippen LogP contribution in [-0.4, -0.2) is 31.2 Å². The Morgan fingerprint density at radius 2 is 1.93 bits per heavy atom. The summed E-state index contributed by atoms with van der Waals surface area (Å²) in [5.41, 5.74) is 1.68. The van der Waals surface area contributed by atoms with Gasteiger partial charge in [-0.05, 0) is 48.8 Å². The third-order valence-corrected chi connectivity index (χ3v) is 4.46. The molecular weight excluding hydrogens is 356 g/mol. The average Bonchev–Trinajstić information content (AvgIpc) is 2.66. The number of carbonyl (C=O) groups is 2. The number of benzene rings is 1. The van der Waals surface area contributed by atoms with Crippen molar-refractivity contribution in [1.82, 2.24) is 5.32 Å². The van der Waals surface area contributed by atoms with Crippen LogP contribution in [0.3, 0.4) is 0 Å². The number of hydrogen-bond donors (Lipinski definition) is 1. The average molecular weight is 386 g/mol. The third-order valence-electron chi connectivity index (χ3n) is 4.46. The maximum atomic E-state index is 12.8. The van der Waals surface area contributed by atoms with E-state index in [4.69, 9.17) is 9.47 Å². The fourth-order valence-electron chi connectivity index (χ4n) is 2.97. The van der Waals surface area contributed by atoms with Gasteiger partial charge in [0.2, 0.25) is 5.91 Å². The lowest BCUT2D eigenvalue weighted by Gasteiger charge is -2.22. The molecule has 1 aliphatic rings. The summed E-state index contributed by atoms with van der Waals surface area (Å²) < 4.78 is 11.0. The van der Waals surface area contributed by atoms with Crippen molar-refractivity contribution in [1.29, 1.82) is 0 Å². The number of nitrogens with zero attached hydrogens (tertiary/aromatic N) is 1. The van der Waals surface area contributed by atoms with Crippen LogP contribution in [0.15, 0.2) is 35.0 Å². The van der Waals surface area contributed by atoms with Crippen molar-refractivity contribution in [3.63, 3.8) is 0 Å². The van der Waals surface area contributed by atoms with Gasteiger partial charge in [-0.15, -0.1) is 0 Å². The van der Waals surface area contributed by atoms with Gasteiger partial charge in [0.1, 0.15) is 6.04 Å². The molecule has 6 heteroatoms. The maximum Gasteiger partial charge on any atom is 0.334 e. The van der Waals surface area contributed by atoms with Crippen molar-refractivity contribution in [3.05, 3.63) is 35.5 Å². The first-order valence-electron chi connectivity index (χ1n) is 9.72. The van der Waals surface area contributed by atoms with E-state index in [1.165, 1.54) is 6.20 Å². The maximum absolute atomic E-state index is 12.8. The Hall–Kier alpha value is -2.63. The lowest BCUT2D eigenvalue weighted by Crippen LogP contribution is -2.47. The summed E-state index contributed by atoms with van der Waals surface area (Å²) in [7, 11) is 1.55. The third kappa shape index (κ3) is 5.94. The van der Waals surface area contributed by atoms with Crippen molar-refractivity contribution >= 4 is 18.1 Å². The van der Waals surface area contributed by atoms with E-state index in [-0.39, 0.29) is 11.8 Å². The fourth-order valence-corrected chi connectivity index (χ4v) is 2.97. The minimum atomic E-state index is -0.764. The molecule has 0 spiro atoms. The highest BCUT2D eigenvalue weighted by atomic mass is 16.6. The molecule has 1 aromatic rings. The van der Waals surface area contributed by atoms with E-state index in [9.17, 15) is 9.59 Å². The quantitative estimate of drug-likeness (QED) is 0.546.